The summed E-state index contributed by atoms with van der Waals surface area (Å²) in [6, 6.07) is 6.03. The average Bonchev–Trinajstić information content (AvgIpc) is 2.28. The number of halogens is 1. The minimum atomic E-state index is 0.166. The molecule has 1 rings (SSSR count). The number of hydrogen-bond acceptors (Lipinski definition) is 3. The molecule has 0 aliphatic heterocycles. The van der Waals surface area contributed by atoms with Crippen LogP contribution in [0.1, 0.15) is 18.9 Å². The molecule has 1 aromatic rings. The molecule has 0 saturated carbocycles. The summed E-state index contributed by atoms with van der Waals surface area (Å²) < 4.78 is 6.54. The van der Waals surface area contributed by atoms with Gasteiger partial charge in [0.15, 0.2) is 0 Å². The lowest BCUT2D eigenvalue weighted by Crippen LogP contribution is -2.17. The summed E-state index contributed by atoms with van der Waals surface area (Å²) in [4.78, 5) is 0. The molecule has 0 aliphatic carbocycles. The zero-order chi connectivity index (χ0) is 11.8. The number of aliphatic hydroxyl groups is 1. The molecule has 2 N–H and O–H groups in total. The van der Waals surface area contributed by atoms with Gasteiger partial charge in [0, 0.05) is 13.1 Å². The minimum Gasteiger partial charge on any atom is -0.492 e. The molecule has 0 fully saturated rings. The Bertz CT molecular complexity index is 318. The molecule has 4 heteroatoms. The van der Waals surface area contributed by atoms with Crippen molar-refractivity contribution in [3.8, 4) is 5.75 Å². The average molecular weight is 288 g/mol. The first-order chi connectivity index (χ1) is 7.77. The van der Waals surface area contributed by atoms with E-state index in [1.807, 2.05) is 18.2 Å². The third-order valence-corrected chi connectivity index (χ3v) is 2.70. The first kappa shape index (κ1) is 13.5. The molecular weight excluding hydrogens is 270 g/mol. The standard InChI is InChI=1S/C12H18BrNO2/c1-2-7-16-12-4-3-10(8-11(12)13)9-14-5-6-15/h3-4,8,14-15H,2,5-7,9H2,1H3. The monoisotopic (exact) mass is 287 g/mol. The molecule has 0 radical (unpaired) electrons. The predicted octanol–water partition coefficient (Wildman–Crippen LogP) is 2.32. The lowest BCUT2D eigenvalue weighted by atomic mass is 10.2. The van der Waals surface area contributed by atoms with Crippen molar-refractivity contribution in [1.82, 2.24) is 5.32 Å². The lowest BCUT2D eigenvalue weighted by molar-refractivity contribution is 0.292. The number of ether oxygens (including phenoxy) is 1. The molecule has 0 aromatic heterocycles. The van der Waals surface area contributed by atoms with Crippen molar-refractivity contribution in [2.75, 3.05) is 19.8 Å². The lowest BCUT2D eigenvalue weighted by Gasteiger charge is -2.09. The SMILES string of the molecule is CCCOc1ccc(CNCCO)cc1Br. The van der Waals surface area contributed by atoms with Gasteiger partial charge in [-0.25, -0.2) is 0 Å². The zero-order valence-corrected chi connectivity index (χ0v) is 11.1. The number of hydrogen-bond donors (Lipinski definition) is 2. The molecule has 0 saturated heterocycles. The van der Waals surface area contributed by atoms with Crippen molar-refractivity contribution in [2.24, 2.45) is 0 Å². The Balaban J connectivity index is 2.53. The summed E-state index contributed by atoms with van der Waals surface area (Å²) in [7, 11) is 0. The molecule has 0 atom stereocenters. The Labute approximate surface area is 105 Å². The smallest absolute Gasteiger partial charge is 0.133 e. The van der Waals surface area contributed by atoms with Gasteiger partial charge in [0.25, 0.3) is 0 Å². The largest absolute Gasteiger partial charge is 0.492 e. The van der Waals surface area contributed by atoms with Gasteiger partial charge in [-0.05, 0) is 40.0 Å². The fourth-order valence-corrected chi connectivity index (χ4v) is 1.84. The molecule has 0 amide bonds. The molecule has 1 aromatic carbocycles. The van der Waals surface area contributed by atoms with Gasteiger partial charge < -0.3 is 15.2 Å². The van der Waals surface area contributed by atoms with Crippen LogP contribution in [0.25, 0.3) is 0 Å². The van der Waals surface area contributed by atoms with Gasteiger partial charge in [-0.2, -0.15) is 0 Å². The molecule has 0 unspecified atom stereocenters. The van der Waals surface area contributed by atoms with Crippen molar-refractivity contribution in [1.29, 1.82) is 0 Å². The van der Waals surface area contributed by atoms with Gasteiger partial charge in [0.1, 0.15) is 5.75 Å². The minimum absolute atomic E-state index is 0.166. The van der Waals surface area contributed by atoms with Crippen LogP contribution in [0.3, 0.4) is 0 Å². The summed E-state index contributed by atoms with van der Waals surface area (Å²) in [6.07, 6.45) is 1.01. The molecule has 0 spiro atoms. The fourth-order valence-electron chi connectivity index (χ4n) is 1.30. The highest BCUT2D eigenvalue weighted by Gasteiger charge is 2.02. The summed E-state index contributed by atoms with van der Waals surface area (Å²) in [6.45, 7) is 4.36. The van der Waals surface area contributed by atoms with E-state index >= 15 is 0 Å². The Hall–Kier alpha value is -0.580. The quantitative estimate of drug-likeness (QED) is 0.757. The molecule has 16 heavy (non-hydrogen) atoms. The third kappa shape index (κ3) is 4.51. The molecule has 0 aliphatic rings. The van der Waals surface area contributed by atoms with E-state index in [9.17, 15) is 0 Å². The van der Waals surface area contributed by atoms with Crippen molar-refractivity contribution < 1.29 is 9.84 Å². The van der Waals surface area contributed by atoms with Crippen molar-refractivity contribution in [2.45, 2.75) is 19.9 Å². The van der Waals surface area contributed by atoms with Crippen LogP contribution in [0.5, 0.6) is 5.75 Å². The van der Waals surface area contributed by atoms with Crippen LogP contribution in [-0.2, 0) is 6.54 Å². The predicted molar refractivity (Wildman–Crippen MR) is 68.7 cm³/mol. The third-order valence-electron chi connectivity index (χ3n) is 2.08. The van der Waals surface area contributed by atoms with Crippen LogP contribution in [-0.4, -0.2) is 24.9 Å². The Morgan fingerprint density at radius 1 is 1.44 bits per heavy atom. The van der Waals surface area contributed by atoms with Gasteiger partial charge >= 0.3 is 0 Å². The van der Waals surface area contributed by atoms with E-state index in [-0.39, 0.29) is 6.61 Å². The zero-order valence-electron chi connectivity index (χ0n) is 9.50. The highest BCUT2D eigenvalue weighted by molar-refractivity contribution is 9.10. The first-order valence-corrected chi connectivity index (χ1v) is 6.30. The molecule has 0 heterocycles. The van der Waals surface area contributed by atoms with Crippen LogP contribution in [0.4, 0.5) is 0 Å². The fraction of sp³-hybridized carbons (Fsp3) is 0.500. The second kappa shape index (κ2) is 7.65. The van der Waals surface area contributed by atoms with Crippen molar-refractivity contribution in [3.63, 3.8) is 0 Å². The summed E-state index contributed by atoms with van der Waals surface area (Å²) in [5.41, 5.74) is 1.17. The normalized spacial score (nSPS) is 10.4. The second-order valence-corrected chi connectivity index (χ2v) is 4.37. The highest BCUT2D eigenvalue weighted by atomic mass is 79.9. The molecule has 90 valence electrons. The summed E-state index contributed by atoms with van der Waals surface area (Å²) >= 11 is 3.48. The van der Waals surface area contributed by atoms with E-state index in [4.69, 9.17) is 9.84 Å². The maximum atomic E-state index is 8.65. The van der Waals surface area contributed by atoms with Crippen LogP contribution in [0, 0.1) is 0 Å². The number of rotatable bonds is 7. The van der Waals surface area contributed by atoms with E-state index in [0.29, 0.717) is 6.54 Å². The topological polar surface area (TPSA) is 41.5 Å². The van der Waals surface area contributed by atoms with E-state index < -0.39 is 0 Å². The van der Waals surface area contributed by atoms with Gasteiger partial charge in [0.05, 0.1) is 17.7 Å². The molecule has 3 nitrogen and oxygen atoms in total. The first-order valence-electron chi connectivity index (χ1n) is 5.50. The maximum absolute atomic E-state index is 8.65. The van der Waals surface area contributed by atoms with Gasteiger partial charge in [0.2, 0.25) is 0 Å². The van der Waals surface area contributed by atoms with Crippen molar-refractivity contribution in [3.05, 3.63) is 28.2 Å². The second-order valence-electron chi connectivity index (χ2n) is 3.51. The highest BCUT2D eigenvalue weighted by Crippen LogP contribution is 2.26. The Morgan fingerprint density at radius 3 is 2.88 bits per heavy atom. The van der Waals surface area contributed by atoms with E-state index in [1.165, 1.54) is 5.56 Å². The van der Waals surface area contributed by atoms with Crippen LogP contribution < -0.4 is 10.1 Å². The molecule has 0 bridgehead atoms. The Kier molecular flexibility index (Phi) is 6.45. The Morgan fingerprint density at radius 2 is 2.25 bits per heavy atom. The van der Waals surface area contributed by atoms with E-state index in [0.717, 1.165) is 29.8 Å². The maximum Gasteiger partial charge on any atom is 0.133 e. The van der Waals surface area contributed by atoms with E-state index in [1.54, 1.807) is 0 Å². The van der Waals surface area contributed by atoms with Crippen molar-refractivity contribution >= 4 is 15.9 Å². The summed E-state index contributed by atoms with van der Waals surface area (Å²) in [5, 5.41) is 11.8. The van der Waals surface area contributed by atoms with E-state index in [2.05, 4.69) is 28.2 Å². The van der Waals surface area contributed by atoms with Crippen LogP contribution in [0.2, 0.25) is 0 Å². The van der Waals surface area contributed by atoms with Crippen LogP contribution >= 0.6 is 15.9 Å². The van der Waals surface area contributed by atoms with Gasteiger partial charge in [-0.1, -0.05) is 13.0 Å². The number of aliphatic hydroxyl groups excluding tert-OH is 1. The molecular formula is C12H18BrNO2. The number of nitrogens with one attached hydrogen (secondary N) is 1. The summed E-state index contributed by atoms with van der Waals surface area (Å²) in [5.74, 6) is 0.882. The van der Waals surface area contributed by atoms with Crippen LogP contribution in [0.15, 0.2) is 22.7 Å². The number of benzene rings is 1. The van der Waals surface area contributed by atoms with Gasteiger partial charge in [-0.3, -0.25) is 0 Å². The van der Waals surface area contributed by atoms with Gasteiger partial charge in [-0.15, -0.1) is 0 Å².